The van der Waals surface area contributed by atoms with Crippen LogP contribution in [-0.4, -0.2) is 18.6 Å². The Morgan fingerprint density at radius 1 is 1.28 bits per heavy atom. The van der Waals surface area contributed by atoms with Crippen molar-refractivity contribution in [2.75, 3.05) is 6.54 Å². The molecule has 2 amide bonds. The van der Waals surface area contributed by atoms with E-state index in [9.17, 15) is 4.79 Å². The molecule has 0 atom stereocenters. The molecule has 1 rings (SSSR count). The fourth-order valence-corrected chi connectivity index (χ4v) is 1.89. The number of hydrogen-bond donors (Lipinski definition) is 2. The lowest BCUT2D eigenvalue weighted by atomic mass is 10.1. The van der Waals surface area contributed by atoms with E-state index in [1.165, 1.54) is 5.56 Å². The Bertz CT molecular complexity index is 380. The molecule has 1 aromatic rings. The molecule has 1 aromatic carbocycles. The third-order valence-corrected chi connectivity index (χ3v) is 2.90. The Kier molecular flexibility index (Phi) is 6.58. The number of aryl methyl sites for hydroxylation is 1. The molecule has 0 aliphatic heterocycles. The molecule has 0 heterocycles. The summed E-state index contributed by atoms with van der Waals surface area (Å²) in [6, 6.07) is 7.96. The van der Waals surface area contributed by atoms with E-state index in [4.69, 9.17) is 11.6 Å². The van der Waals surface area contributed by atoms with Gasteiger partial charge in [0.25, 0.3) is 0 Å². The molecule has 0 saturated carbocycles. The van der Waals surface area contributed by atoms with Crippen molar-refractivity contribution in [1.82, 2.24) is 10.6 Å². The third-order valence-electron chi connectivity index (χ3n) is 2.54. The zero-order chi connectivity index (χ0) is 13.4. The van der Waals surface area contributed by atoms with Gasteiger partial charge >= 0.3 is 6.03 Å². The predicted octanol–water partition coefficient (Wildman–Crippen LogP) is 3.37. The first-order chi connectivity index (χ1) is 8.59. The van der Waals surface area contributed by atoms with E-state index >= 15 is 0 Å². The zero-order valence-electron chi connectivity index (χ0n) is 11.0. The van der Waals surface area contributed by atoms with Crippen molar-refractivity contribution in [2.24, 2.45) is 0 Å². The number of carbonyl (C=O) groups excluding carboxylic acids is 1. The Morgan fingerprint density at radius 3 is 2.67 bits per heavy atom. The average Bonchev–Trinajstić information content (AvgIpc) is 2.30. The van der Waals surface area contributed by atoms with E-state index in [0.29, 0.717) is 6.54 Å². The molecule has 2 N–H and O–H groups in total. The lowest BCUT2D eigenvalue weighted by Gasteiger charge is -2.10. The second-order valence-electron chi connectivity index (χ2n) is 4.60. The summed E-state index contributed by atoms with van der Waals surface area (Å²) in [7, 11) is 0. The highest BCUT2D eigenvalue weighted by Crippen LogP contribution is 2.16. The van der Waals surface area contributed by atoms with E-state index < -0.39 is 0 Å². The standard InChI is InChI=1S/C14H21ClN2O/c1-11(2)17-14(18)16-10-6-5-8-12-7-3-4-9-13(12)15/h3-4,7,9,11H,5-6,8,10H2,1-2H3,(H2,16,17,18). The topological polar surface area (TPSA) is 41.1 Å². The normalized spacial score (nSPS) is 10.4. The molecule has 100 valence electrons. The summed E-state index contributed by atoms with van der Waals surface area (Å²) in [6.45, 7) is 4.58. The Labute approximate surface area is 114 Å². The van der Waals surface area contributed by atoms with Gasteiger partial charge in [0.05, 0.1) is 0 Å². The van der Waals surface area contributed by atoms with E-state index in [2.05, 4.69) is 10.6 Å². The maximum Gasteiger partial charge on any atom is 0.314 e. The van der Waals surface area contributed by atoms with Gasteiger partial charge in [-0.25, -0.2) is 4.79 Å². The summed E-state index contributed by atoms with van der Waals surface area (Å²) in [5.41, 5.74) is 1.17. The van der Waals surface area contributed by atoms with Crippen LogP contribution in [-0.2, 0) is 6.42 Å². The van der Waals surface area contributed by atoms with Gasteiger partial charge < -0.3 is 10.6 Å². The Balaban J connectivity index is 2.12. The molecule has 0 aliphatic carbocycles. The molecule has 0 fully saturated rings. The Morgan fingerprint density at radius 2 is 2.00 bits per heavy atom. The maximum absolute atomic E-state index is 11.3. The van der Waals surface area contributed by atoms with Gasteiger partial charge in [0.15, 0.2) is 0 Å². The summed E-state index contributed by atoms with van der Waals surface area (Å²) >= 11 is 6.07. The van der Waals surface area contributed by atoms with E-state index in [0.717, 1.165) is 24.3 Å². The molecule has 3 nitrogen and oxygen atoms in total. The first-order valence-electron chi connectivity index (χ1n) is 6.37. The van der Waals surface area contributed by atoms with Gasteiger partial charge in [-0.3, -0.25) is 0 Å². The van der Waals surface area contributed by atoms with Crippen LogP contribution in [0.25, 0.3) is 0 Å². The molecule has 0 aliphatic rings. The van der Waals surface area contributed by atoms with Crippen LogP contribution in [0.15, 0.2) is 24.3 Å². The van der Waals surface area contributed by atoms with E-state index in [-0.39, 0.29) is 12.1 Å². The summed E-state index contributed by atoms with van der Waals surface area (Å²) in [5, 5.41) is 6.44. The minimum Gasteiger partial charge on any atom is -0.338 e. The molecular weight excluding hydrogens is 248 g/mol. The average molecular weight is 269 g/mol. The summed E-state index contributed by atoms with van der Waals surface area (Å²) in [5.74, 6) is 0. The Hall–Kier alpha value is -1.22. The minimum absolute atomic E-state index is 0.0947. The SMILES string of the molecule is CC(C)NC(=O)NCCCCc1ccccc1Cl. The van der Waals surface area contributed by atoms with Crippen LogP contribution < -0.4 is 10.6 Å². The van der Waals surface area contributed by atoms with Gasteiger partial charge in [-0.2, -0.15) is 0 Å². The quantitative estimate of drug-likeness (QED) is 0.763. The minimum atomic E-state index is -0.0947. The molecule has 0 unspecified atom stereocenters. The number of hydrogen-bond acceptors (Lipinski definition) is 1. The van der Waals surface area contributed by atoms with Crippen LogP contribution in [0.1, 0.15) is 32.3 Å². The third kappa shape index (κ3) is 5.92. The van der Waals surface area contributed by atoms with Crippen molar-refractivity contribution in [3.05, 3.63) is 34.9 Å². The highest BCUT2D eigenvalue weighted by atomic mass is 35.5. The van der Waals surface area contributed by atoms with Crippen LogP contribution in [0.3, 0.4) is 0 Å². The van der Waals surface area contributed by atoms with Crippen LogP contribution >= 0.6 is 11.6 Å². The number of rotatable bonds is 6. The molecule has 0 bridgehead atoms. The van der Waals surface area contributed by atoms with Crippen LogP contribution in [0, 0.1) is 0 Å². The first-order valence-corrected chi connectivity index (χ1v) is 6.75. The fraction of sp³-hybridized carbons (Fsp3) is 0.500. The van der Waals surface area contributed by atoms with Crippen molar-refractivity contribution in [1.29, 1.82) is 0 Å². The number of carbonyl (C=O) groups is 1. The van der Waals surface area contributed by atoms with Gasteiger partial charge in [0.2, 0.25) is 0 Å². The number of unbranched alkanes of at least 4 members (excludes halogenated alkanes) is 1. The first kappa shape index (κ1) is 14.8. The monoisotopic (exact) mass is 268 g/mol. The van der Waals surface area contributed by atoms with Crippen molar-refractivity contribution in [3.63, 3.8) is 0 Å². The number of amides is 2. The second kappa shape index (κ2) is 7.98. The van der Waals surface area contributed by atoms with Gasteiger partial charge in [-0.1, -0.05) is 29.8 Å². The second-order valence-corrected chi connectivity index (χ2v) is 5.01. The zero-order valence-corrected chi connectivity index (χ0v) is 11.8. The largest absolute Gasteiger partial charge is 0.338 e. The van der Waals surface area contributed by atoms with Crippen molar-refractivity contribution in [3.8, 4) is 0 Å². The van der Waals surface area contributed by atoms with Crippen molar-refractivity contribution >= 4 is 17.6 Å². The van der Waals surface area contributed by atoms with Gasteiger partial charge in [0, 0.05) is 17.6 Å². The van der Waals surface area contributed by atoms with Crippen LogP contribution in [0.2, 0.25) is 5.02 Å². The van der Waals surface area contributed by atoms with Crippen molar-refractivity contribution in [2.45, 2.75) is 39.2 Å². The van der Waals surface area contributed by atoms with Crippen LogP contribution in [0.4, 0.5) is 4.79 Å². The highest BCUT2D eigenvalue weighted by Gasteiger charge is 2.02. The molecule has 18 heavy (non-hydrogen) atoms. The maximum atomic E-state index is 11.3. The fourth-order valence-electron chi connectivity index (χ4n) is 1.66. The molecule has 0 aromatic heterocycles. The van der Waals surface area contributed by atoms with Gasteiger partial charge in [-0.15, -0.1) is 0 Å². The molecule has 4 heteroatoms. The summed E-state index contributed by atoms with van der Waals surface area (Å²) < 4.78 is 0. The van der Waals surface area contributed by atoms with Crippen molar-refractivity contribution < 1.29 is 4.79 Å². The van der Waals surface area contributed by atoms with Gasteiger partial charge in [0.1, 0.15) is 0 Å². The summed E-state index contributed by atoms with van der Waals surface area (Å²) in [4.78, 5) is 11.3. The number of halogens is 1. The highest BCUT2D eigenvalue weighted by molar-refractivity contribution is 6.31. The van der Waals surface area contributed by atoms with E-state index in [1.807, 2.05) is 38.1 Å². The lowest BCUT2D eigenvalue weighted by molar-refractivity contribution is 0.238. The van der Waals surface area contributed by atoms with Gasteiger partial charge in [-0.05, 0) is 44.7 Å². The predicted molar refractivity (Wildman–Crippen MR) is 76.1 cm³/mol. The number of nitrogens with one attached hydrogen (secondary N) is 2. The molecular formula is C14H21ClN2O. The number of benzene rings is 1. The molecule has 0 spiro atoms. The van der Waals surface area contributed by atoms with Crippen LogP contribution in [0.5, 0.6) is 0 Å². The van der Waals surface area contributed by atoms with E-state index in [1.54, 1.807) is 0 Å². The molecule has 0 radical (unpaired) electrons. The smallest absolute Gasteiger partial charge is 0.314 e. The number of urea groups is 1. The molecule has 0 saturated heterocycles. The lowest BCUT2D eigenvalue weighted by Crippen LogP contribution is -2.39. The summed E-state index contributed by atoms with van der Waals surface area (Å²) in [6.07, 6.45) is 2.93.